The van der Waals surface area contributed by atoms with Gasteiger partial charge in [0.2, 0.25) is 0 Å². The Hall–Kier alpha value is -1.22. The summed E-state index contributed by atoms with van der Waals surface area (Å²) in [6, 6.07) is 8.80. The highest BCUT2D eigenvalue weighted by Crippen LogP contribution is 2.53. The van der Waals surface area contributed by atoms with Crippen LogP contribution in [0.2, 0.25) is 0 Å². The molecule has 0 spiro atoms. The molecule has 0 aromatic heterocycles. The van der Waals surface area contributed by atoms with E-state index >= 15 is 0 Å². The maximum Gasteiger partial charge on any atom is 0.121 e. The first kappa shape index (κ1) is 13.7. The van der Waals surface area contributed by atoms with Crippen molar-refractivity contribution in [2.24, 2.45) is 11.3 Å². The van der Waals surface area contributed by atoms with Crippen molar-refractivity contribution in [2.45, 2.75) is 45.8 Å². The number of rotatable bonds is 5. The second kappa shape index (κ2) is 5.28. The molecule has 3 atom stereocenters. The molecule has 3 nitrogen and oxygen atoms in total. The fraction of sp³-hybridized carbons (Fsp3) is 0.647. The molecule has 1 aliphatic heterocycles. The Balaban J connectivity index is 1.68. The highest BCUT2D eigenvalue weighted by molar-refractivity contribution is 5.50. The summed E-state index contributed by atoms with van der Waals surface area (Å²) in [6.45, 7) is 8.41. The van der Waals surface area contributed by atoms with Crippen molar-refractivity contribution >= 4 is 5.69 Å². The highest BCUT2D eigenvalue weighted by Gasteiger charge is 2.59. The first-order valence-electron chi connectivity index (χ1n) is 7.74. The van der Waals surface area contributed by atoms with Gasteiger partial charge in [-0.05, 0) is 25.0 Å². The van der Waals surface area contributed by atoms with E-state index in [2.05, 4.69) is 44.3 Å². The smallest absolute Gasteiger partial charge is 0.121 e. The number of fused-ring (bicyclic) bond motifs is 1. The number of nitrogens with one attached hydrogen (secondary N) is 1. The molecule has 3 unspecified atom stereocenters. The largest absolute Gasteiger partial charge is 0.494 e. The van der Waals surface area contributed by atoms with Gasteiger partial charge in [-0.3, -0.25) is 0 Å². The molecule has 20 heavy (non-hydrogen) atoms. The predicted molar refractivity (Wildman–Crippen MR) is 81.3 cm³/mol. The SMILES string of the molecule is CCCOc1cccc(NC2C3CCOC3C2(C)C)c1. The van der Waals surface area contributed by atoms with Crippen LogP contribution in [0.5, 0.6) is 5.75 Å². The quantitative estimate of drug-likeness (QED) is 0.888. The molecular weight excluding hydrogens is 250 g/mol. The average molecular weight is 275 g/mol. The number of hydrogen-bond donors (Lipinski definition) is 1. The number of benzene rings is 1. The van der Waals surface area contributed by atoms with E-state index in [1.54, 1.807) is 0 Å². The summed E-state index contributed by atoms with van der Waals surface area (Å²) in [5.74, 6) is 1.61. The topological polar surface area (TPSA) is 30.5 Å². The van der Waals surface area contributed by atoms with Gasteiger partial charge in [-0.15, -0.1) is 0 Å². The van der Waals surface area contributed by atoms with Gasteiger partial charge in [0.25, 0.3) is 0 Å². The minimum atomic E-state index is 0.210. The molecule has 0 amide bonds. The van der Waals surface area contributed by atoms with E-state index in [4.69, 9.17) is 9.47 Å². The van der Waals surface area contributed by atoms with Crippen LogP contribution in [0.15, 0.2) is 24.3 Å². The lowest BCUT2D eigenvalue weighted by molar-refractivity contribution is -0.0923. The fourth-order valence-corrected chi connectivity index (χ4v) is 3.69. The Kier molecular flexibility index (Phi) is 3.63. The average Bonchev–Trinajstić information content (AvgIpc) is 2.90. The number of anilines is 1. The van der Waals surface area contributed by atoms with Crippen LogP contribution in [0.3, 0.4) is 0 Å². The van der Waals surface area contributed by atoms with Crippen molar-refractivity contribution in [3.05, 3.63) is 24.3 Å². The Labute approximate surface area is 121 Å². The minimum absolute atomic E-state index is 0.210. The van der Waals surface area contributed by atoms with Gasteiger partial charge in [0.15, 0.2) is 0 Å². The van der Waals surface area contributed by atoms with E-state index in [1.807, 2.05) is 6.07 Å². The molecule has 1 heterocycles. The van der Waals surface area contributed by atoms with Crippen LogP contribution in [-0.2, 0) is 4.74 Å². The molecule has 0 bridgehead atoms. The summed E-state index contributed by atoms with van der Waals surface area (Å²) in [5.41, 5.74) is 1.36. The zero-order chi connectivity index (χ0) is 14.2. The van der Waals surface area contributed by atoms with Gasteiger partial charge in [-0.2, -0.15) is 0 Å². The van der Waals surface area contributed by atoms with Gasteiger partial charge in [0.1, 0.15) is 5.75 Å². The third kappa shape index (κ3) is 2.28. The lowest BCUT2D eigenvalue weighted by Crippen LogP contribution is -2.63. The summed E-state index contributed by atoms with van der Waals surface area (Å²) in [6.07, 6.45) is 2.64. The second-order valence-electron chi connectivity index (χ2n) is 6.56. The molecule has 1 saturated carbocycles. The molecule has 0 radical (unpaired) electrons. The van der Waals surface area contributed by atoms with Crippen LogP contribution in [-0.4, -0.2) is 25.4 Å². The maximum absolute atomic E-state index is 5.85. The van der Waals surface area contributed by atoms with E-state index in [0.717, 1.165) is 31.1 Å². The summed E-state index contributed by atoms with van der Waals surface area (Å²) >= 11 is 0. The molecule has 1 saturated heterocycles. The van der Waals surface area contributed by atoms with Crippen LogP contribution < -0.4 is 10.1 Å². The minimum Gasteiger partial charge on any atom is -0.494 e. The lowest BCUT2D eigenvalue weighted by atomic mass is 9.57. The zero-order valence-electron chi connectivity index (χ0n) is 12.7. The van der Waals surface area contributed by atoms with E-state index in [0.29, 0.717) is 18.1 Å². The molecule has 2 aliphatic rings. The summed E-state index contributed by atoms with van der Waals surface area (Å²) < 4.78 is 11.6. The summed E-state index contributed by atoms with van der Waals surface area (Å²) in [7, 11) is 0. The van der Waals surface area contributed by atoms with Gasteiger partial charge in [-0.1, -0.05) is 26.8 Å². The van der Waals surface area contributed by atoms with Crippen molar-refractivity contribution in [2.75, 3.05) is 18.5 Å². The van der Waals surface area contributed by atoms with E-state index < -0.39 is 0 Å². The summed E-state index contributed by atoms with van der Waals surface area (Å²) in [4.78, 5) is 0. The Morgan fingerprint density at radius 3 is 3.05 bits per heavy atom. The number of hydrogen-bond acceptors (Lipinski definition) is 3. The Morgan fingerprint density at radius 1 is 1.40 bits per heavy atom. The third-order valence-electron chi connectivity index (χ3n) is 4.73. The highest BCUT2D eigenvalue weighted by atomic mass is 16.5. The van der Waals surface area contributed by atoms with Crippen molar-refractivity contribution in [1.82, 2.24) is 0 Å². The van der Waals surface area contributed by atoms with Crippen LogP contribution in [0.25, 0.3) is 0 Å². The van der Waals surface area contributed by atoms with Crippen LogP contribution in [0.1, 0.15) is 33.6 Å². The molecule has 2 fully saturated rings. The van der Waals surface area contributed by atoms with Gasteiger partial charge in [0, 0.05) is 35.7 Å². The molecule has 1 aromatic carbocycles. The predicted octanol–water partition coefficient (Wildman–Crippen LogP) is 3.70. The van der Waals surface area contributed by atoms with E-state index in [9.17, 15) is 0 Å². The normalized spacial score (nSPS) is 30.4. The maximum atomic E-state index is 5.85. The van der Waals surface area contributed by atoms with Crippen molar-refractivity contribution in [1.29, 1.82) is 0 Å². The Morgan fingerprint density at radius 2 is 2.25 bits per heavy atom. The molecule has 1 N–H and O–H groups in total. The first-order chi connectivity index (χ1) is 9.63. The molecule has 1 aromatic rings. The third-order valence-corrected chi connectivity index (χ3v) is 4.73. The van der Waals surface area contributed by atoms with E-state index in [1.165, 1.54) is 6.42 Å². The fourth-order valence-electron chi connectivity index (χ4n) is 3.69. The van der Waals surface area contributed by atoms with Crippen LogP contribution in [0.4, 0.5) is 5.69 Å². The Bertz CT molecular complexity index is 472. The molecule has 3 rings (SSSR count). The monoisotopic (exact) mass is 275 g/mol. The summed E-state index contributed by atoms with van der Waals surface area (Å²) in [5, 5.41) is 3.70. The van der Waals surface area contributed by atoms with Gasteiger partial charge in [0.05, 0.1) is 12.7 Å². The lowest BCUT2D eigenvalue weighted by Gasteiger charge is -2.55. The van der Waals surface area contributed by atoms with Crippen molar-refractivity contribution in [3.8, 4) is 5.75 Å². The molecular formula is C17H25NO2. The first-order valence-corrected chi connectivity index (χ1v) is 7.74. The standard InChI is InChI=1S/C17H25NO2/c1-4-9-19-13-7-5-6-12(11-13)18-15-14-8-10-20-16(14)17(15,2)3/h5-7,11,14-16,18H,4,8-10H2,1-3H3. The van der Waals surface area contributed by atoms with E-state index in [-0.39, 0.29) is 5.41 Å². The molecule has 110 valence electrons. The van der Waals surface area contributed by atoms with Crippen LogP contribution >= 0.6 is 0 Å². The van der Waals surface area contributed by atoms with Crippen molar-refractivity contribution in [3.63, 3.8) is 0 Å². The van der Waals surface area contributed by atoms with Crippen molar-refractivity contribution < 1.29 is 9.47 Å². The second-order valence-corrected chi connectivity index (χ2v) is 6.56. The zero-order valence-corrected chi connectivity index (χ0v) is 12.7. The molecule has 1 aliphatic carbocycles. The van der Waals surface area contributed by atoms with Gasteiger partial charge in [-0.25, -0.2) is 0 Å². The van der Waals surface area contributed by atoms with Crippen LogP contribution in [0, 0.1) is 11.3 Å². The molecule has 3 heteroatoms. The van der Waals surface area contributed by atoms with Gasteiger partial charge < -0.3 is 14.8 Å². The number of ether oxygens (including phenoxy) is 2. The van der Waals surface area contributed by atoms with Gasteiger partial charge >= 0.3 is 0 Å².